The van der Waals surface area contributed by atoms with Gasteiger partial charge in [0.05, 0.1) is 18.8 Å². The van der Waals surface area contributed by atoms with Gasteiger partial charge in [0.2, 0.25) is 0 Å². The van der Waals surface area contributed by atoms with Gasteiger partial charge in [-0.15, -0.1) is 0 Å². The van der Waals surface area contributed by atoms with Crippen molar-refractivity contribution in [2.75, 3.05) is 12.0 Å². The fourth-order valence-corrected chi connectivity index (χ4v) is 4.57. The first-order valence-electron chi connectivity index (χ1n) is 10.4. The van der Waals surface area contributed by atoms with Gasteiger partial charge in [0, 0.05) is 48.8 Å². The van der Waals surface area contributed by atoms with E-state index in [-0.39, 0.29) is 12.1 Å². The fourth-order valence-electron chi connectivity index (χ4n) is 4.22. The summed E-state index contributed by atoms with van der Waals surface area (Å²) < 4.78 is 7.73. The molecule has 0 aliphatic carbocycles. The maximum atomic E-state index is 5.83. The van der Waals surface area contributed by atoms with Crippen molar-refractivity contribution >= 4 is 23.0 Å². The first-order valence-corrected chi connectivity index (χ1v) is 10.8. The van der Waals surface area contributed by atoms with Gasteiger partial charge in [-0.1, -0.05) is 18.2 Å². The first-order chi connectivity index (χ1) is 15.7. The van der Waals surface area contributed by atoms with Gasteiger partial charge in [-0.25, -0.2) is 0 Å². The van der Waals surface area contributed by atoms with Crippen molar-refractivity contribution in [1.82, 2.24) is 19.9 Å². The van der Waals surface area contributed by atoms with Crippen LogP contribution in [0.15, 0.2) is 91.5 Å². The second-order valence-electron chi connectivity index (χ2n) is 7.62. The Labute approximate surface area is 192 Å². The van der Waals surface area contributed by atoms with Gasteiger partial charge in [-0.05, 0) is 60.2 Å². The fraction of sp³-hybridized carbons (Fsp3) is 0.160. The summed E-state index contributed by atoms with van der Waals surface area (Å²) in [6.45, 7) is 0.723. The summed E-state index contributed by atoms with van der Waals surface area (Å²) in [7, 11) is 1.67. The lowest BCUT2D eigenvalue weighted by Gasteiger charge is -2.29. The zero-order valence-corrected chi connectivity index (χ0v) is 18.4. The van der Waals surface area contributed by atoms with Gasteiger partial charge >= 0.3 is 0 Å². The summed E-state index contributed by atoms with van der Waals surface area (Å²) in [5.41, 5.74) is 4.19. The first kappa shape index (κ1) is 20.2. The molecule has 1 saturated heterocycles. The zero-order chi connectivity index (χ0) is 21.9. The summed E-state index contributed by atoms with van der Waals surface area (Å²) in [4.78, 5) is 11.1. The average Bonchev–Trinajstić information content (AvgIpc) is 3.43. The van der Waals surface area contributed by atoms with Crippen LogP contribution in [0.4, 0.5) is 5.69 Å². The number of hydrogen-bond donors (Lipinski definition) is 1. The summed E-state index contributed by atoms with van der Waals surface area (Å²) in [5.74, 6) is 0.788. The number of rotatable bonds is 6. The number of methoxy groups -OCH3 is 1. The van der Waals surface area contributed by atoms with E-state index >= 15 is 0 Å². The molecule has 5 rings (SSSR count). The Hall–Kier alpha value is -3.71. The highest BCUT2D eigenvalue weighted by molar-refractivity contribution is 7.80. The van der Waals surface area contributed by atoms with Gasteiger partial charge in [0.25, 0.3) is 0 Å². The number of anilines is 1. The maximum Gasteiger partial charge on any atom is 0.174 e. The molecule has 1 fully saturated rings. The highest BCUT2D eigenvalue weighted by atomic mass is 32.1. The quantitative estimate of drug-likeness (QED) is 0.444. The second kappa shape index (κ2) is 8.80. The third-order valence-electron chi connectivity index (χ3n) is 5.67. The van der Waals surface area contributed by atoms with Crippen molar-refractivity contribution in [2.24, 2.45) is 0 Å². The highest BCUT2D eigenvalue weighted by Gasteiger charge is 2.42. The number of pyridine rings is 2. The number of hydrogen-bond acceptors (Lipinski definition) is 4. The topological polar surface area (TPSA) is 55.2 Å². The Morgan fingerprint density at radius 2 is 1.97 bits per heavy atom. The molecule has 32 heavy (non-hydrogen) atoms. The lowest BCUT2D eigenvalue weighted by molar-refractivity contribution is 0.414. The predicted molar refractivity (Wildman–Crippen MR) is 129 cm³/mol. The van der Waals surface area contributed by atoms with Gasteiger partial charge in [0.15, 0.2) is 5.11 Å². The monoisotopic (exact) mass is 441 g/mol. The molecule has 1 aromatic carbocycles. The SMILES string of the molecule is COc1cccc(N2C(=S)N[C@@H](c3ccccn3)[C@@H]2c2cccn2Cc2cccnc2)c1. The van der Waals surface area contributed by atoms with Crippen LogP contribution in [0, 0.1) is 0 Å². The van der Waals surface area contributed by atoms with Crippen LogP contribution < -0.4 is 15.0 Å². The Bertz CT molecular complexity index is 1210. The smallest absolute Gasteiger partial charge is 0.174 e. The van der Waals surface area contributed by atoms with Crippen LogP contribution in [0.2, 0.25) is 0 Å². The van der Waals surface area contributed by atoms with Crippen LogP contribution in [-0.2, 0) is 6.54 Å². The number of nitrogens with one attached hydrogen (secondary N) is 1. The summed E-state index contributed by atoms with van der Waals surface area (Å²) >= 11 is 5.83. The van der Waals surface area contributed by atoms with Crippen LogP contribution in [0.1, 0.15) is 29.0 Å². The molecular formula is C25H23N5OS. The Morgan fingerprint density at radius 1 is 1.03 bits per heavy atom. The standard InChI is InChI=1S/C25H23N5OS/c1-31-20-9-4-8-19(15-20)30-24(23(28-25(30)32)21-10-2-3-13-27-21)22-11-6-14-29(22)17-18-7-5-12-26-16-18/h2-16,23-24H,17H2,1H3,(H,28,32)/t23-,24-/m0/s1. The van der Waals surface area contributed by atoms with Gasteiger partial charge in [0.1, 0.15) is 11.8 Å². The van der Waals surface area contributed by atoms with Crippen molar-refractivity contribution in [3.8, 4) is 5.75 Å². The third-order valence-corrected chi connectivity index (χ3v) is 5.99. The molecule has 160 valence electrons. The van der Waals surface area contributed by atoms with Crippen molar-refractivity contribution < 1.29 is 4.74 Å². The Kier molecular flexibility index (Phi) is 5.56. The van der Waals surface area contributed by atoms with Crippen LogP contribution in [-0.4, -0.2) is 26.8 Å². The molecule has 1 aliphatic rings. The predicted octanol–water partition coefficient (Wildman–Crippen LogP) is 4.51. The largest absolute Gasteiger partial charge is 0.497 e. The molecule has 6 nitrogen and oxygen atoms in total. The van der Waals surface area contributed by atoms with Crippen LogP contribution in [0.25, 0.3) is 0 Å². The van der Waals surface area contributed by atoms with E-state index in [1.807, 2.05) is 54.9 Å². The normalized spacial score (nSPS) is 17.9. The van der Waals surface area contributed by atoms with Gasteiger partial charge in [-0.2, -0.15) is 0 Å². The van der Waals surface area contributed by atoms with Crippen LogP contribution in [0.5, 0.6) is 5.75 Å². The minimum atomic E-state index is -0.0996. The number of nitrogens with zero attached hydrogens (tertiary/aromatic N) is 4. The lowest BCUT2D eigenvalue weighted by Crippen LogP contribution is -2.30. The number of benzene rings is 1. The maximum absolute atomic E-state index is 5.83. The van der Waals surface area contributed by atoms with Crippen molar-refractivity contribution in [1.29, 1.82) is 0 Å². The number of ether oxygens (including phenoxy) is 1. The van der Waals surface area contributed by atoms with E-state index in [1.165, 1.54) is 0 Å². The van der Waals surface area contributed by atoms with Crippen LogP contribution >= 0.6 is 12.2 Å². The van der Waals surface area contributed by atoms with Crippen molar-refractivity contribution in [3.05, 3.63) is 108 Å². The van der Waals surface area contributed by atoms with Crippen molar-refractivity contribution in [3.63, 3.8) is 0 Å². The van der Waals surface area contributed by atoms with E-state index < -0.39 is 0 Å². The summed E-state index contributed by atoms with van der Waals surface area (Å²) in [5, 5.41) is 4.17. The molecule has 0 spiro atoms. The zero-order valence-electron chi connectivity index (χ0n) is 17.6. The molecule has 0 radical (unpaired) electrons. The van der Waals surface area contributed by atoms with E-state index in [4.69, 9.17) is 17.0 Å². The number of aromatic nitrogens is 3. The Morgan fingerprint density at radius 3 is 2.75 bits per heavy atom. The number of thiocarbonyl (C=S) groups is 1. The molecule has 3 aromatic heterocycles. The molecule has 1 aliphatic heterocycles. The van der Waals surface area contributed by atoms with Gasteiger partial charge < -0.3 is 19.5 Å². The van der Waals surface area contributed by atoms with Crippen LogP contribution in [0.3, 0.4) is 0 Å². The molecule has 0 saturated carbocycles. The van der Waals surface area contributed by atoms with E-state index in [0.29, 0.717) is 5.11 Å². The lowest BCUT2D eigenvalue weighted by atomic mass is 10.0. The second-order valence-corrected chi connectivity index (χ2v) is 8.01. The molecule has 2 atom stereocenters. The minimum Gasteiger partial charge on any atom is -0.497 e. The molecule has 0 amide bonds. The third kappa shape index (κ3) is 3.83. The molecular weight excluding hydrogens is 418 g/mol. The van der Waals surface area contributed by atoms with Gasteiger partial charge in [-0.3, -0.25) is 9.97 Å². The Balaban J connectivity index is 1.60. The summed E-state index contributed by atoms with van der Waals surface area (Å²) in [6, 6.07) is 22.0. The highest BCUT2D eigenvalue weighted by Crippen LogP contribution is 2.42. The average molecular weight is 442 g/mol. The minimum absolute atomic E-state index is 0.0869. The van der Waals surface area contributed by atoms with E-state index in [2.05, 4.69) is 55.2 Å². The van der Waals surface area contributed by atoms with E-state index in [1.54, 1.807) is 13.3 Å². The van der Waals surface area contributed by atoms with E-state index in [9.17, 15) is 0 Å². The molecule has 4 aromatic rings. The molecule has 0 bridgehead atoms. The molecule has 7 heteroatoms. The van der Waals surface area contributed by atoms with Crippen molar-refractivity contribution in [2.45, 2.75) is 18.6 Å². The molecule has 0 unspecified atom stereocenters. The van der Waals surface area contributed by atoms with E-state index in [0.717, 1.165) is 34.9 Å². The molecule has 4 heterocycles. The summed E-state index contributed by atoms with van der Waals surface area (Å²) in [6.07, 6.45) is 7.61. The molecule has 1 N–H and O–H groups in total.